The van der Waals surface area contributed by atoms with E-state index >= 15 is 0 Å². The van der Waals surface area contributed by atoms with Crippen molar-refractivity contribution in [1.82, 2.24) is 14.9 Å². The predicted molar refractivity (Wildman–Crippen MR) is 94.2 cm³/mol. The number of aromatic nitrogens is 2. The molecular weight excluding hydrogens is 326 g/mol. The highest BCUT2D eigenvalue weighted by Crippen LogP contribution is 2.29. The quantitative estimate of drug-likeness (QED) is 0.637. The maximum Gasteiger partial charge on any atom is 0.305 e. The first kappa shape index (κ1) is 16.8. The van der Waals surface area contributed by atoms with Gasteiger partial charge in [0.05, 0.1) is 11.0 Å². The first-order valence-electron chi connectivity index (χ1n) is 8.11. The van der Waals surface area contributed by atoms with Crippen LogP contribution in [0.3, 0.4) is 0 Å². The van der Waals surface area contributed by atoms with E-state index in [1.807, 2.05) is 0 Å². The number of likely N-dealkylation sites (tertiary alicyclic amines) is 1. The first-order valence-corrected chi connectivity index (χ1v) is 8.99. The maximum atomic E-state index is 10.7. The minimum Gasteiger partial charge on any atom is -0.352 e. The summed E-state index contributed by atoms with van der Waals surface area (Å²) in [7, 11) is 0. The van der Waals surface area contributed by atoms with Crippen molar-refractivity contribution in [2.24, 2.45) is 5.92 Å². The molecule has 1 N–H and O–H groups in total. The van der Waals surface area contributed by atoms with Gasteiger partial charge in [-0.15, -0.1) is 11.3 Å². The SMILES string of the molecule is CC1CCN(C(CNc2ncc([N+](=O)[O-])cn2)c2cccs2)CC1. The largest absolute Gasteiger partial charge is 0.352 e. The summed E-state index contributed by atoms with van der Waals surface area (Å²) in [6.07, 6.45) is 4.90. The van der Waals surface area contributed by atoms with E-state index in [4.69, 9.17) is 0 Å². The van der Waals surface area contributed by atoms with Crippen LogP contribution >= 0.6 is 11.3 Å². The van der Waals surface area contributed by atoms with E-state index in [0.717, 1.165) is 19.0 Å². The number of nitrogens with one attached hydrogen (secondary N) is 1. The van der Waals surface area contributed by atoms with Crippen LogP contribution in [0, 0.1) is 16.0 Å². The Kier molecular flexibility index (Phi) is 5.37. The van der Waals surface area contributed by atoms with Crippen molar-refractivity contribution in [1.29, 1.82) is 0 Å². The van der Waals surface area contributed by atoms with Crippen LogP contribution in [0.25, 0.3) is 0 Å². The van der Waals surface area contributed by atoms with E-state index in [9.17, 15) is 10.1 Å². The van der Waals surface area contributed by atoms with Gasteiger partial charge in [-0.3, -0.25) is 15.0 Å². The Morgan fingerprint density at radius 2 is 2.12 bits per heavy atom. The molecule has 1 fully saturated rings. The molecule has 1 aliphatic heterocycles. The van der Waals surface area contributed by atoms with E-state index in [2.05, 4.69) is 44.6 Å². The van der Waals surface area contributed by atoms with Gasteiger partial charge in [0.2, 0.25) is 5.95 Å². The summed E-state index contributed by atoms with van der Waals surface area (Å²) >= 11 is 1.76. The molecule has 2 aromatic heterocycles. The van der Waals surface area contributed by atoms with Crippen LogP contribution in [0.5, 0.6) is 0 Å². The number of thiophene rings is 1. The minimum absolute atomic E-state index is 0.0969. The zero-order chi connectivity index (χ0) is 16.9. The van der Waals surface area contributed by atoms with Gasteiger partial charge in [0.15, 0.2) is 0 Å². The molecule has 3 rings (SSSR count). The molecule has 0 amide bonds. The number of rotatable bonds is 6. The van der Waals surface area contributed by atoms with Crippen LogP contribution in [-0.2, 0) is 0 Å². The molecule has 0 bridgehead atoms. The molecule has 0 radical (unpaired) electrons. The molecule has 1 atom stereocenters. The zero-order valence-electron chi connectivity index (χ0n) is 13.6. The van der Waals surface area contributed by atoms with Gasteiger partial charge in [-0.1, -0.05) is 13.0 Å². The molecule has 8 heteroatoms. The standard InChI is InChI=1S/C16H21N5O2S/c1-12-4-6-20(7-5-12)14(15-3-2-8-24-15)11-19-16-17-9-13(10-18-16)21(22)23/h2-3,8-10,12,14H,4-7,11H2,1H3,(H,17,18,19). The Labute approximate surface area is 144 Å². The fourth-order valence-corrected chi connectivity index (χ4v) is 3.79. The Hall–Kier alpha value is -2.06. The number of piperidine rings is 1. The van der Waals surface area contributed by atoms with E-state index in [0.29, 0.717) is 12.5 Å². The normalized spacial score (nSPS) is 17.5. The van der Waals surface area contributed by atoms with Gasteiger partial charge in [-0.2, -0.15) is 0 Å². The van der Waals surface area contributed by atoms with Crippen molar-refractivity contribution >= 4 is 23.0 Å². The second-order valence-electron chi connectivity index (χ2n) is 6.15. The highest BCUT2D eigenvalue weighted by atomic mass is 32.1. The molecule has 0 spiro atoms. The second kappa shape index (κ2) is 7.67. The molecule has 7 nitrogen and oxygen atoms in total. The number of hydrogen-bond donors (Lipinski definition) is 1. The van der Waals surface area contributed by atoms with Crippen LogP contribution in [0.2, 0.25) is 0 Å². The van der Waals surface area contributed by atoms with Crippen LogP contribution < -0.4 is 5.32 Å². The molecule has 1 unspecified atom stereocenters. The number of anilines is 1. The monoisotopic (exact) mass is 347 g/mol. The molecule has 2 aromatic rings. The van der Waals surface area contributed by atoms with Crippen molar-refractivity contribution in [3.63, 3.8) is 0 Å². The summed E-state index contributed by atoms with van der Waals surface area (Å²) in [6, 6.07) is 4.50. The molecule has 0 saturated carbocycles. The Balaban J connectivity index is 1.67. The summed E-state index contributed by atoms with van der Waals surface area (Å²) in [5, 5.41) is 16.0. The topological polar surface area (TPSA) is 84.2 Å². The average Bonchev–Trinajstić information content (AvgIpc) is 3.11. The predicted octanol–water partition coefficient (Wildman–Crippen LogP) is 3.33. The molecule has 1 aliphatic rings. The van der Waals surface area contributed by atoms with Gasteiger partial charge in [-0.05, 0) is 43.3 Å². The molecule has 0 aliphatic carbocycles. The van der Waals surface area contributed by atoms with Crippen molar-refractivity contribution < 1.29 is 4.92 Å². The van der Waals surface area contributed by atoms with Crippen molar-refractivity contribution in [3.8, 4) is 0 Å². The smallest absolute Gasteiger partial charge is 0.305 e. The molecule has 128 valence electrons. The lowest BCUT2D eigenvalue weighted by molar-refractivity contribution is -0.385. The van der Waals surface area contributed by atoms with Crippen LogP contribution in [0.1, 0.15) is 30.7 Å². The number of nitro groups is 1. The molecule has 0 aromatic carbocycles. The third kappa shape index (κ3) is 4.07. The zero-order valence-corrected chi connectivity index (χ0v) is 14.4. The Bertz CT molecular complexity index is 654. The highest BCUT2D eigenvalue weighted by molar-refractivity contribution is 7.10. The fraction of sp³-hybridized carbons (Fsp3) is 0.500. The minimum atomic E-state index is -0.493. The lowest BCUT2D eigenvalue weighted by Crippen LogP contribution is -2.38. The van der Waals surface area contributed by atoms with E-state index in [1.54, 1.807) is 11.3 Å². The van der Waals surface area contributed by atoms with Gasteiger partial charge in [-0.25, -0.2) is 9.97 Å². The van der Waals surface area contributed by atoms with E-state index in [-0.39, 0.29) is 11.7 Å². The van der Waals surface area contributed by atoms with Crippen LogP contribution in [-0.4, -0.2) is 39.4 Å². The summed E-state index contributed by atoms with van der Waals surface area (Å²) in [6.45, 7) is 5.17. The number of nitrogens with zero attached hydrogens (tertiary/aromatic N) is 4. The molecule has 1 saturated heterocycles. The van der Waals surface area contributed by atoms with Crippen molar-refractivity contribution in [3.05, 3.63) is 44.9 Å². The summed E-state index contributed by atoms with van der Waals surface area (Å²) in [4.78, 5) is 22.1. The maximum absolute atomic E-state index is 10.7. The summed E-state index contributed by atoms with van der Waals surface area (Å²) in [5.74, 6) is 1.21. The Morgan fingerprint density at radius 3 is 2.71 bits per heavy atom. The molecular formula is C16H21N5O2S. The summed E-state index contributed by atoms with van der Waals surface area (Å²) < 4.78 is 0. The van der Waals surface area contributed by atoms with E-state index in [1.165, 1.54) is 30.1 Å². The van der Waals surface area contributed by atoms with Gasteiger partial charge in [0.25, 0.3) is 0 Å². The fourth-order valence-electron chi connectivity index (χ4n) is 2.93. The van der Waals surface area contributed by atoms with Crippen molar-refractivity contribution in [2.45, 2.75) is 25.8 Å². The van der Waals surface area contributed by atoms with Gasteiger partial charge in [0.1, 0.15) is 12.4 Å². The van der Waals surface area contributed by atoms with Gasteiger partial charge >= 0.3 is 5.69 Å². The second-order valence-corrected chi connectivity index (χ2v) is 7.13. The van der Waals surface area contributed by atoms with E-state index < -0.39 is 4.92 Å². The van der Waals surface area contributed by atoms with Crippen LogP contribution in [0.15, 0.2) is 29.9 Å². The molecule has 24 heavy (non-hydrogen) atoms. The lowest BCUT2D eigenvalue weighted by Gasteiger charge is -2.36. The number of hydrogen-bond acceptors (Lipinski definition) is 7. The highest BCUT2D eigenvalue weighted by Gasteiger charge is 2.25. The Morgan fingerprint density at radius 1 is 1.42 bits per heavy atom. The third-order valence-corrected chi connectivity index (χ3v) is 5.41. The van der Waals surface area contributed by atoms with Crippen molar-refractivity contribution in [2.75, 3.05) is 25.0 Å². The summed E-state index contributed by atoms with van der Waals surface area (Å²) in [5.41, 5.74) is -0.0969. The molecule has 3 heterocycles. The van der Waals surface area contributed by atoms with Gasteiger partial charge < -0.3 is 5.32 Å². The lowest BCUT2D eigenvalue weighted by atomic mass is 9.97. The average molecular weight is 347 g/mol. The third-order valence-electron chi connectivity index (χ3n) is 4.43. The van der Waals surface area contributed by atoms with Gasteiger partial charge in [0, 0.05) is 11.4 Å². The first-order chi connectivity index (χ1) is 11.6. The van der Waals surface area contributed by atoms with Crippen LogP contribution in [0.4, 0.5) is 11.6 Å².